The Kier molecular flexibility index (Phi) is 4.03. The standard InChI is InChI=1S/C10H11N3O2/c11-10(14)13(12-15)8-4-7-9-5-2-1-3-6-9/h1-7H,8H2,(H2,11,14)/b7-4+. The number of nitrogens with zero attached hydrogens (tertiary/aromatic N) is 2. The summed E-state index contributed by atoms with van der Waals surface area (Å²) in [6.07, 6.45) is 3.42. The molecule has 0 fully saturated rings. The fourth-order valence-corrected chi connectivity index (χ4v) is 1.02. The van der Waals surface area contributed by atoms with Gasteiger partial charge in [-0.1, -0.05) is 42.5 Å². The number of primary amides is 1. The van der Waals surface area contributed by atoms with Crippen LogP contribution in [0.1, 0.15) is 5.56 Å². The van der Waals surface area contributed by atoms with Gasteiger partial charge in [0.05, 0.1) is 11.8 Å². The molecule has 5 heteroatoms. The van der Waals surface area contributed by atoms with Gasteiger partial charge in [0.25, 0.3) is 0 Å². The van der Waals surface area contributed by atoms with E-state index in [0.29, 0.717) is 5.01 Å². The molecule has 0 radical (unpaired) electrons. The number of amides is 2. The largest absolute Gasteiger partial charge is 0.350 e. The molecule has 1 aromatic rings. The van der Waals surface area contributed by atoms with Gasteiger partial charge in [0.2, 0.25) is 0 Å². The lowest BCUT2D eigenvalue weighted by atomic mass is 10.2. The van der Waals surface area contributed by atoms with E-state index in [-0.39, 0.29) is 6.54 Å². The highest BCUT2D eigenvalue weighted by atomic mass is 16.3. The molecule has 0 aromatic heterocycles. The summed E-state index contributed by atoms with van der Waals surface area (Å²) in [5.41, 5.74) is 5.87. The first-order valence-electron chi connectivity index (χ1n) is 4.36. The molecule has 0 saturated heterocycles. The van der Waals surface area contributed by atoms with E-state index in [1.807, 2.05) is 30.3 Å². The van der Waals surface area contributed by atoms with Crippen molar-refractivity contribution in [2.75, 3.05) is 6.54 Å². The molecule has 0 aliphatic carbocycles. The van der Waals surface area contributed by atoms with Crippen LogP contribution in [0.5, 0.6) is 0 Å². The second-order valence-corrected chi connectivity index (χ2v) is 2.82. The summed E-state index contributed by atoms with van der Waals surface area (Å²) in [5, 5.41) is 3.11. The predicted octanol–water partition coefficient (Wildman–Crippen LogP) is 1.76. The van der Waals surface area contributed by atoms with Crippen LogP contribution >= 0.6 is 0 Å². The average Bonchev–Trinajstić information content (AvgIpc) is 2.25. The second-order valence-electron chi connectivity index (χ2n) is 2.82. The summed E-state index contributed by atoms with van der Waals surface area (Å²) in [6.45, 7) is 0.0771. The Bertz CT molecular complexity index is 362. The minimum absolute atomic E-state index is 0.0771. The second kappa shape index (κ2) is 5.54. The Morgan fingerprint density at radius 2 is 2.07 bits per heavy atom. The maximum absolute atomic E-state index is 10.6. The molecule has 0 bridgehead atoms. The first kappa shape index (κ1) is 10.9. The predicted molar refractivity (Wildman–Crippen MR) is 57.6 cm³/mol. The highest BCUT2D eigenvalue weighted by Gasteiger charge is 2.05. The van der Waals surface area contributed by atoms with E-state index in [4.69, 9.17) is 5.73 Å². The van der Waals surface area contributed by atoms with Gasteiger partial charge < -0.3 is 5.73 Å². The molecule has 0 aliphatic rings. The molecule has 0 saturated carbocycles. The molecule has 0 unspecified atom stereocenters. The maximum Gasteiger partial charge on any atom is 0.338 e. The normalized spacial score (nSPS) is 10.1. The zero-order chi connectivity index (χ0) is 11.1. The highest BCUT2D eigenvalue weighted by Crippen LogP contribution is 2.01. The number of nitrogens with two attached hydrogens (primary N) is 1. The summed E-state index contributed by atoms with van der Waals surface area (Å²) in [4.78, 5) is 20.7. The molecule has 78 valence electrons. The highest BCUT2D eigenvalue weighted by molar-refractivity contribution is 5.71. The van der Waals surface area contributed by atoms with Gasteiger partial charge in [0.15, 0.2) is 0 Å². The van der Waals surface area contributed by atoms with Crippen LogP contribution in [-0.4, -0.2) is 17.6 Å². The van der Waals surface area contributed by atoms with Crippen molar-refractivity contribution in [1.29, 1.82) is 0 Å². The summed E-state index contributed by atoms with van der Waals surface area (Å²) in [7, 11) is 0. The van der Waals surface area contributed by atoms with Gasteiger partial charge in [-0.25, -0.2) is 4.79 Å². The molecular formula is C10H11N3O2. The Labute approximate surface area is 87.1 Å². The van der Waals surface area contributed by atoms with Crippen molar-refractivity contribution in [2.45, 2.75) is 0 Å². The molecule has 1 rings (SSSR count). The summed E-state index contributed by atoms with van der Waals surface area (Å²) >= 11 is 0. The lowest BCUT2D eigenvalue weighted by molar-refractivity contribution is 0.214. The summed E-state index contributed by atoms with van der Waals surface area (Å²) in [5.74, 6) is 0. The summed E-state index contributed by atoms with van der Waals surface area (Å²) < 4.78 is 0. The first-order chi connectivity index (χ1) is 7.24. The van der Waals surface area contributed by atoms with E-state index >= 15 is 0 Å². The average molecular weight is 205 g/mol. The Hall–Kier alpha value is -2.17. The zero-order valence-corrected chi connectivity index (χ0v) is 8.04. The van der Waals surface area contributed by atoms with Crippen LogP contribution < -0.4 is 5.73 Å². The van der Waals surface area contributed by atoms with Crippen molar-refractivity contribution in [3.8, 4) is 0 Å². The van der Waals surface area contributed by atoms with Crippen LogP contribution in [0.4, 0.5) is 4.79 Å². The fraction of sp³-hybridized carbons (Fsp3) is 0.100. The third-order valence-electron chi connectivity index (χ3n) is 1.74. The number of benzene rings is 1. The molecule has 1 aromatic carbocycles. The number of hydrogen-bond acceptors (Lipinski definition) is 3. The van der Waals surface area contributed by atoms with E-state index in [2.05, 4.69) is 5.29 Å². The van der Waals surface area contributed by atoms with E-state index in [9.17, 15) is 9.70 Å². The van der Waals surface area contributed by atoms with Crippen LogP contribution in [0.15, 0.2) is 41.7 Å². The van der Waals surface area contributed by atoms with E-state index in [1.54, 1.807) is 12.2 Å². The van der Waals surface area contributed by atoms with Crippen LogP contribution in [0, 0.1) is 4.91 Å². The fourth-order valence-electron chi connectivity index (χ4n) is 1.02. The molecule has 5 nitrogen and oxygen atoms in total. The number of nitroso groups, excluding NO2 is 1. The Morgan fingerprint density at radius 3 is 2.60 bits per heavy atom. The van der Waals surface area contributed by atoms with Gasteiger partial charge in [-0.2, -0.15) is 5.01 Å². The van der Waals surface area contributed by atoms with Gasteiger partial charge in [0.1, 0.15) is 0 Å². The molecule has 2 amide bonds. The Balaban J connectivity index is 2.53. The third kappa shape index (κ3) is 3.60. The van der Waals surface area contributed by atoms with Gasteiger partial charge >= 0.3 is 6.03 Å². The van der Waals surface area contributed by atoms with Crippen molar-refractivity contribution in [2.24, 2.45) is 11.0 Å². The van der Waals surface area contributed by atoms with Crippen LogP contribution in [0.25, 0.3) is 6.08 Å². The van der Waals surface area contributed by atoms with Crippen molar-refractivity contribution in [3.63, 3.8) is 0 Å². The van der Waals surface area contributed by atoms with E-state index in [0.717, 1.165) is 5.56 Å². The maximum atomic E-state index is 10.6. The van der Waals surface area contributed by atoms with Crippen molar-refractivity contribution in [1.82, 2.24) is 5.01 Å². The quantitative estimate of drug-likeness (QED) is 0.600. The number of carbonyl (C=O) groups excluding carboxylic acids is 1. The number of rotatable bonds is 4. The lowest BCUT2D eigenvalue weighted by Gasteiger charge is -2.05. The molecule has 15 heavy (non-hydrogen) atoms. The minimum atomic E-state index is -0.859. The van der Waals surface area contributed by atoms with Crippen molar-refractivity contribution in [3.05, 3.63) is 46.9 Å². The molecule has 2 N–H and O–H groups in total. The first-order valence-corrected chi connectivity index (χ1v) is 4.36. The zero-order valence-electron chi connectivity index (χ0n) is 8.04. The van der Waals surface area contributed by atoms with E-state index in [1.165, 1.54) is 0 Å². The molecular weight excluding hydrogens is 194 g/mol. The third-order valence-corrected chi connectivity index (χ3v) is 1.74. The SMILES string of the molecule is NC(=O)N(C/C=C/c1ccccc1)N=O. The number of hydrogen-bond donors (Lipinski definition) is 1. The molecule has 0 heterocycles. The minimum Gasteiger partial charge on any atom is -0.350 e. The molecule has 0 spiro atoms. The van der Waals surface area contributed by atoms with Crippen LogP contribution in [-0.2, 0) is 0 Å². The summed E-state index contributed by atoms with van der Waals surface area (Å²) in [6, 6.07) is 8.63. The van der Waals surface area contributed by atoms with Gasteiger partial charge in [-0.15, -0.1) is 4.91 Å². The van der Waals surface area contributed by atoms with Gasteiger partial charge in [0, 0.05) is 0 Å². The smallest absolute Gasteiger partial charge is 0.338 e. The lowest BCUT2D eigenvalue weighted by Crippen LogP contribution is -2.30. The van der Waals surface area contributed by atoms with Gasteiger partial charge in [-0.3, -0.25) is 0 Å². The van der Waals surface area contributed by atoms with Crippen molar-refractivity contribution < 1.29 is 4.79 Å². The van der Waals surface area contributed by atoms with Crippen LogP contribution in [0.2, 0.25) is 0 Å². The Morgan fingerprint density at radius 1 is 1.40 bits per heavy atom. The van der Waals surface area contributed by atoms with Crippen LogP contribution in [0.3, 0.4) is 0 Å². The number of urea groups is 1. The van der Waals surface area contributed by atoms with E-state index < -0.39 is 6.03 Å². The monoisotopic (exact) mass is 205 g/mol. The molecule has 0 atom stereocenters. The number of carbonyl (C=O) groups is 1. The molecule has 0 aliphatic heterocycles. The van der Waals surface area contributed by atoms with Crippen molar-refractivity contribution >= 4 is 12.1 Å². The topological polar surface area (TPSA) is 75.8 Å². The van der Waals surface area contributed by atoms with Gasteiger partial charge in [-0.05, 0) is 5.56 Å².